The first-order chi connectivity index (χ1) is 27.0. The Labute approximate surface area is 327 Å². The molecule has 7 atom stereocenters. The average molecular weight is 793 g/mol. The van der Waals surface area contributed by atoms with Gasteiger partial charge in [-0.2, -0.15) is 8.97 Å². The molecule has 0 spiro atoms. The van der Waals surface area contributed by atoms with Gasteiger partial charge in [0.25, 0.3) is 5.65 Å². The number of rotatable bonds is 8. The number of nitrogens with zero attached hydrogens (tertiary/aromatic N) is 4. The molecular formula is C41H54N5O9S+. The molecule has 56 heavy (non-hydrogen) atoms. The van der Waals surface area contributed by atoms with Gasteiger partial charge in [0.1, 0.15) is 12.2 Å². The maximum Gasteiger partial charge on any atom is 0.453 e. The Morgan fingerprint density at radius 3 is 2.52 bits per heavy atom. The number of hydrogen-bond acceptors (Lipinski definition) is 10. The van der Waals surface area contributed by atoms with Gasteiger partial charge < -0.3 is 14.4 Å². The maximum atomic E-state index is 14.9. The van der Waals surface area contributed by atoms with Crippen molar-refractivity contribution in [1.82, 2.24) is 19.0 Å². The van der Waals surface area contributed by atoms with Crippen LogP contribution >= 0.6 is 0 Å². The van der Waals surface area contributed by atoms with Crippen LogP contribution in [0.5, 0.6) is 6.01 Å². The predicted molar refractivity (Wildman–Crippen MR) is 202 cm³/mol. The van der Waals surface area contributed by atoms with Crippen LogP contribution in [0, 0.1) is 29.1 Å². The number of allylic oxidation sites excluding steroid dienone is 2. The molecule has 0 radical (unpaired) electrons. The van der Waals surface area contributed by atoms with Crippen LogP contribution in [0.3, 0.4) is 0 Å². The Morgan fingerprint density at radius 1 is 0.982 bits per heavy atom. The molecule has 302 valence electrons. The van der Waals surface area contributed by atoms with Crippen molar-refractivity contribution in [2.45, 2.75) is 140 Å². The van der Waals surface area contributed by atoms with Crippen molar-refractivity contribution in [2.24, 2.45) is 29.1 Å². The molecule has 4 aliphatic carbocycles. The van der Waals surface area contributed by atoms with E-state index in [1.165, 1.54) is 13.9 Å². The molecule has 2 bridgehead atoms. The van der Waals surface area contributed by atoms with Gasteiger partial charge in [0.2, 0.25) is 21.8 Å². The number of hydrogen-bond donors (Lipinski definition) is 1. The van der Waals surface area contributed by atoms with E-state index in [4.69, 9.17) is 14.5 Å². The number of pyridine rings is 1. The molecule has 2 aliphatic heterocycles. The van der Waals surface area contributed by atoms with Crippen molar-refractivity contribution in [3.8, 4) is 6.01 Å². The van der Waals surface area contributed by atoms with Crippen LogP contribution in [0.1, 0.15) is 110 Å². The van der Waals surface area contributed by atoms with Gasteiger partial charge in [0.15, 0.2) is 5.78 Å². The Kier molecular flexibility index (Phi) is 10.8. The van der Waals surface area contributed by atoms with E-state index in [1.807, 2.05) is 19.1 Å². The van der Waals surface area contributed by atoms with Gasteiger partial charge in [-0.05, 0) is 93.0 Å². The number of ether oxygens (including phenoxy) is 2. The molecule has 1 N–H and O–H groups in total. The van der Waals surface area contributed by atoms with Gasteiger partial charge in [0, 0.05) is 18.9 Å². The smallest absolute Gasteiger partial charge is 0.453 e. The van der Waals surface area contributed by atoms with E-state index in [-0.39, 0.29) is 79.6 Å². The molecule has 6 aliphatic rings. The summed E-state index contributed by atoms with van der Waals surface area (Å²) in [5, 5.41) is -0.592. The highest BCUT2D eigenvalue weighted by Crippen LogP contribution is 2.58. The molecule has 4 heterocycles. The van der Waals surface area contributed by atoms with Crippen molar-refractivity contribution in [3.63, 3.8) is 0 Å². The number of ketones is 1. The highest BCUT2D eigenvalue weighted by atomic mass is 32.2. The second kappa shape index (κ2) is 15.7. The van der Waals surface area contributed by atoms with E-state index in [1.54, 1.807) is 24.4 Å². The summed E-state index contributed by atoms with van der Waals surface area (Å²) in [6.07, 6.45) is 14.1. The number of amides is 2. The van der Waals surface area contributed by atoms with Crippen molar-refractivity contribution < 1.29 is 41.6 Å². The fraction of sp³-hybridized carbons (Fsp3) is 0.683. The summed E-state index contributed by atoms with van der Waals surface area (Å²) in [4.78, 5) is 77.0. The number of fused-ring (bicyclic) bond motifs is 5. The number of carbonyl (C=O) groups is 4. The zero-order valence-electron chi connectivity index (χ0n) is 32.2. The van der Waals surface area contributed by atoms with Gasteiger partial charge in [-0.3, -0.25) is 23.9 Å². The molecule has 1 saturated heterocycles. The standard InChI is InChI=1S/C41H53N5O9S/c1-2-28-23-41(28,38(50)43-56(52,53)30-17-18-30)24-33(47)32-21-29-25-46(32)37(49)31(26-11-5-6-12-26)22-36(48)55-34-15-10-14-27(34)13-4-3-8-20-45-39(54-29)42-35-16-7-9-19-44(35)40(45)51/h3,7-9,16,19,26-32,34H,2,4-6,10-15,17-18,20-25H2,1H3/p+1/b8-3+/t27-,28-,29-,31+,32+,34-,41-/m1/s1. The SMILES string of the molecule is CC[C@@H]1C[C@]1(CC(=O)[C@@H]1C[C@@H]2CN1C(=O)[C@H](C1CCCC1)CC(=O)O[C@@H]1CCC[C@H]1CC/C=C/C[n+]1c(nc3ccccn3c1=O)O2)C(=O)NS(=O)(=O)C1CC1. The highest BCUT2D eigenvalue weighted by molar-refractivity contribution is 7.90. The third kappa shape index (κ3) is 7.76. The third-order valence-electron chi connectivity index (χ3n) is 13.5. The average Bonchev–Trinajstić information content (AvgIpc) is 3.96. The van der Waals surface area contributed by atoms with Crippen LogP contribution in [0.2, 0.25) is 0 Å². The van der Waals surface area contributed by atoms with Crippen molar-refractivity contribution in [2.75, 3.05) is 6.54 Å². The number of esters is 1. The molecule has 4 saturated carbocycles. The van der Waals surface area contributed by atoms with Crippen LogP contribution in [0.4, 0.5) is 0 Å². The number of aromatic nitrogens is 3. The van der Waals surface area contributed by atoms with Crippen molar-refractivity contribution >= 4 is 39.2 Å². The molecule has 2 aromatic rings. The Hall–Kier alpha value is -4.14. The first-order valence-electron chi connectivity index (χ1n) is 20.8. The summed E-state index contributed by atoms with van der Waals surface area (Å²) in [5.41, 5.74) is -1.15. The quantitative estimate of drug-likeness (QED) is 0.237. The lowest BCUT2D eigenvalue weighted by atomic mass is 9.86. The lowest BCUT2D eigenvalue weighted by Crippen LogP contribution is -2.54. The molecule has 15 heteroatoms. The minimum Gasteiger partial charge on any atom is -0.462 e. The fourth-order valence-corrected chi connectivity index (χ4v) is 11.4. The Bertz CT molecular complexity index is 2080. The monoisotopic (exact) mass is 792 g/mol. The van der Waals surface area contributed by atoms with E-state index in [2.05, 4.69) is 4.72 Å². The van der Waals surface area contributed by atoms with Crippen molar-refractivity contribution in [3.05, 3.63) is 47.0 Å². The number of nitrogens with one attached hydrogen (secondary N) is 1. The molecule has 0 unspecified atom stereocenters. The largest absolute Gasteiger partial charge is 0.462 e. The van der Waals surface area contributed by atoms with Crippen LogP contribution in [-0.2, 0) is 40.5 Å². The Balaban J connectivity index is 1.14. The molecule has 5 fully saturated rings. The van der Waals surface area contributed by atoms with E-state index in [0.717, 1.165) is 57.8 Å². The molecule has 0 aromatic carbocycles. The molecule has 14 nitrogen and oxygen atoms in total. The van der Waals surface area contributed by atoms with Gasteiger partial charge in [-0.25, -0.2) is 13.2 Å². The molecule has 2 amide bonds. The number of carbonyl (C=O) groups excluding carboxylic acids is 4. The Morgan fingerprint density at radius 2 is 1.77 bits per heavy atom. The number of Topliss-reactive ketones (excluding diaryl/α,β-unsaturated/α-hetero) is 1. The van der Waals surface area contributed by atoms with Crippen LogP contribution in [-0.4, -0.2) is 76.3 Å². The summed E-state index contributed by atoms with van der Waals surface area (Å²) in [6, 6.07) is 4.31. The van der Waals surface area contributed by atoms with E-state index in [0.29, 0.717) is 31.3 Å². The normalized spacial score (nSPS) is 32.1. The van der Waals surface area contributed by atoms with Crippen LogP contribution in [0.15, 0.2) is 41.3 Å². The van der Waals surface area contributed by atoms with E-state index >= 15 is 0 Å². The summed E-state index contributed by atoms with van der Waals surface area (Å²) in [5.74, 6) is -2.45. The lowest BCUT2D eigenvalue weighted by molar-refractivity contribution is -0.713. The molecular weight excluding hydrogens is 739 g/mol. The summed E-state index contributed by atoms with van der Waals surface area (Å²) in [6.45, 7) is 2.11. The van der Waals surface area contributed by atoms with E-state index in [9.17, 15) is 32.4 Å². The zero-order chi connectivity index (χ0) is 39.2. The topological polar surface area (TPSA) is 174 Å². The minimum atomic E-state index is -3.83. The van der Waals surface area contributed by atoms with Crippen LogP contribution < -0.4 is 19.7 Å². The fourth-order valence-electron chi connectivity index (χ4n) is 10.0. The van der Waals surface area contributed by atoms with Gasteiger partial charge in [-0.1, -0.05) is 44.4 Å². The highest BCUT2D eigenvalue weighted by Gasteiger charge is 2.62. The molecule has 2 aromatic heterocycles. The first kappa shape index (κ1) is 38.7. The van der Waals surface area contributed by atoms with Gasteiger partial charge >= 0.3 is 17.7 Å². The van der Waals surface area contributed by atoms with Crippen molar-refractivity contribution in [1.29, 1.82) is 0 Å². The van der Waals surface area contributed by atoms with Crippen LogP contribution in [0.25, 0.3) is 5.65 Å². The van der Waals surface area contributed by atoms with Gasteiger partial charge in [-0.15, -0.1) is 0 Å². The number of sulfonamides is 1. The third-order valence-corrected chi connectivity index (χ3v) is 15.3. The summed E-state index contributed by atoms with van der Waals surface area (Å²) in [7, 11) is -3.83. The summed E-state index contributed by atoms with van der Waals surface area (Å²) < 4.78 is 43.5. The summed E-state index contributed by atoms with van der Waals surface area (Å²) >= 11 is 0. The van der Waals surface area contributed by atoms with Gasteiger partial charge in [0.05, 0.1) is 48.3 Å². The predicted octanol–water partition coefficient (Wildman–Crippen LogP) is 3.57. The van der Waals surface area contributed by atoms with E-state index < -0.39 is 50.6 Å². The first-order valence-corrected chi connectivity index (χ1v) is 22.3. The maximum absolute atomic E-state index is 14.9. The lowest BCUT2D eigenvalue weighted by Gasteiger charge is -2.31. The minimum absolute atomic E-state index is 0.0103. The second-order valence-electron chi connectivity index (χ2n) is 17.1. The zero-order valence-corrected chi connectivity index (χ0v) is 33.0. The second-order valence-corrected chi connectivity index (χ2v) is 19.1. The molecule has 8 rings (SSSR count).